The van der Waals surface area contributed by atoms with Gasteiger partial charge in [-0.2, -0.15) is 5.10 Å². The number of rotatable bonds is 5. The molecule has 1 aromatic carbocycles. The Hall–Kier alpha value is -2.47. The Balaban J connectivity index is 1.77. The smallest absolute Gasteiger partial charge is 0.246 e. The Morgan fingerprint density at radius 2 is 2.17 bits per heavy atom. The van der Waals surface area contributed by atoms with Crippen LogP contribution < -0.4 is 5.43 Å². The highest BCUT2D eigenvalue weighted by Gasteiger charge is 2.15. The van der Waals surface area contributed by atoms with Gasteiger partial charge in [0.05, 0.1) is 17.1 Å². The normalized spacial score (nSPS) is 11.9. The number of aromatic nitrogens is 1. The maximum absolute atomic E-state index is 12.0. The van der Waals surface area contributed by atoms with Crippen LogP contribution in [0, 0.1) is 6.92 Å². The summed E-state index contributed by atoms with van der Waals surface area (Å²) in [5.74, 6) is 0.539. The fourth-order valence-corrected chi connectivity index (χ4v) is 3.25. The van der Waals surface area contributed by atoms with Crippen molar-refractivity contribution in [1.29, 1.82) is 0 Å². The lowest BCUT2D eigenvalue weighted by Crippen LogP contribution is -2.21. The third kappa shape index (κ3) is 3.38. The van der Waals surface area contributed by atoms with E-state index in [0.29, 0.717) is 5.71 Å². The number of hydrogen-bond donors (Lipinski definition) is 1. The van der Waals surface area contributed by atoms with Gasteiger partial charge in [0.15, 0.2) is 5.76 Å². The van der Waals surface area contributed by atoms with E-state index in [2.05, 4.69) is 22.4 Å². The Morgan fingerprint density at radius 3 is 2.88 bits per heavy atom. The molecular weight excluding hydrogens is 322 g/mol. The first-order valence-electron chi connectivity index (χ1n) is 7.83. The quantitative estimate of drug-likeness (QED) is 0.566. The fourth-order valence-electron chi connectivity index (χ4n) is 2.63. The molecule has 0 unspecified atom stereocenters. The molecule has 5 nitrogen and oxygen atoms in total. The number of nitrogens with zero attached hydrogens (tertiary/aromatic N) is 2. The molecule has 6 heteroatoms. The van der Waals surface area contributed by atoms with Crippen molar-refractivity contribution >= 4 is 33.9 Å². The van der Waals surface area contributed by atoms with Gasteiger partial charge in [-0.1, -0.05) is 25.1 Å². The number of amides is 1. The number of carbonyl (C=O) groups excluding carboxylic acids is 1. The number of para-hydroxylation sites is 1. The summed E-state index contributed by atoms with van der Waals surface area (Å²) in [5, 5.41) is 8.13. The molecule has 0 spiro atoms. The van der Waals surface area contributed by atoms with Gasteiger partial charge in [-0.25, -0.2) is 10.4 Å². The van der Waals surface area contributed by atoms with Gasteiger partial charge in [-0.05, 0) is 26.3 Å². The summed E-state index contributed by atoms with van der Waals surface area (Å²) < 4.78 is 5.91. The molecule has 0 aliphatic carbocycles. The highest BCUT2D eigenvalue weighted by molar-refractivity contribution is 7.09. The monoisotopic (exact) mass is 341 g/mol. The van der Waals surface area contributed by atoms with Crippen LogP contribution in [0.25, 0.3) is 11.0 Å². The largest absolute Gasteiger partial charge is 0.454 e. The summed E-state index contributed by atoms with van der Waals surface area (Å²) in [5.41, 5.74) is 5.95. The van der Waals surface area contributed by atoms with Gasteiger partial charge in [0, 0.05) is 16.3 Å². The summed E-state index contributed by atoms with van der Waals surface area (Å²) in [6.07, 6.45) is 1.06. The molecule has 0 radical (unpaired) electrons. The first-order chi connectivity index (χ1) is 11.6. The van der Waals surface area contributed by atoms with Crippen molar-refractivity contribution in [3.63, 3.8) is 0 Å². The maximum atomic E-state index is 12.0. The second kappa shape index (κ2) is 6.97. The van der Waals surface area contributed by atoms with Crippen molar-refractivity contribution in [3.05, 3.63) is 51.7 Å². The molecule has 124 valence electrons. The number of fused-ring (bicyclic) bond motifs is 1. The molecule has 0 atom stereocenters. The van der Waals surface area contributed by atoms with Crippen molar-refractivity contribution in [2.75, 3.05) is 0 Å². The zero-order valence-corrected chi connectivity index (χ0v) is 14.7. The number of benzene rings is 1. The van der Waals surface area contributed by atoms with Gasteiger partial charge in [-0.3, -0.25) is 4.79 Å². The molecule has 3 aromatic rings. The van der Waals surface area contributed by atoms with E-state index in [1.54, 1.807) is 0 Å². The van der Waals surface area contributed by atoms with E-state index in [1.165, 1.54) is 11.3 Å². The number of aryl methyl sites for hydroxylation is 2. The zero-order chi connectivity index (χ0) is 17.1. The average molecular weight is 341 g/mol. The molecule has 2 heterocycles. The summed E-state index contributed by atoms with van der Waals surface area (Å²) in [6, 6.07) is 7.91. The lowest BCUT2D eigenvalue weighted by Gasteiger charge is -2.02. The van der Waals surface area contributed by atoms with E-state index >= 15 is 0 Å². The number of carbonyl (C=O) groups is 1. The van der Waals surface area contributed by atoms with Crippen LogP contribution in [0.3, 0.4) is 0 Å². The molecule has 0 saturated carbocycles. The van der Waals surface area contributed by atoms with Crippen molar-refractivity contribution in [2.24, 2.45) is 5.10 Å². The van der Waals surface area contributed by atoms with Crippen LogP contribution in [0.15, 0.2) is 39.2 Å². The van der Waals surface area contributed by atoms with Crippen LogP contribution in [0.5, 0.6) is 0 Å². The van der Waals surface area contributed by atoms with E-state index in [4.69, 9.17) is 4.42 Å². The molecule has 0 fully saturated rings. The van der Waals surface area contributed by atoms with Crippen LogP contribution in [0.4, 0.5) is 0 Å². The third-order valence-corrected chi connectivity index (χ3v) is 4.56. The summed E-state index contributed by atoms with van der Waals surface area (Å²) in [7, 11) is 0. The first kappa shape index (κ1) is 16.4. The molecule has 1 N–H and O–H groups in total. The van der Waals surface area contributed by atoms with Crippen LogP contribution >= 0.6 is 11.3 Å². The van der Waals surface area contributed by atoms with Crippen molar-refractivity contribution in [3.8, 4) is 0 Å². The summed E-state index contributed by atoms with van der Waals surface area (Å²) >= 11 is 1.53. The number of thiazole rings is 1. The lowest BCUT2D eigenvalue weighted by molar-refractivity contribution is -0.120. The number of furan rings is 1. The first-order valence-corrected chi connectivity index (χ1v) is 8.71. The molecular formula is C18H19N3O2S. The van der Waals surface area contributed by atoms with Gasteiger partial charge in [0.2, 0.25) is 5.91 Å². The van der Waals surface area contributed by atoms with E-state index in [0.717, 1.165) is 39.4 Å². The molecule has 1 amide bonds. The van der Waals surface area contributed by atoms with Gasteiger partial charge in [0.1, 0.15) is 11.3 Å². The highest BCUT2D eigenvalue weighted by atomic mass is 32.1. The topological polar surface area (TPSA) is 67.5 Å². The van der Waals surface area contributed by atoms with Crippen molar-refractivity contribution < 1.29 is 9.21 Å². The number of hydrazone groups is 1. The zero-order valence-electron chi connectivity index (χ0n) is 13.9. The van der Waals surface area contributed by atoms with Crippen LogP contribution in [0.2, 0.25) is 0 Å². The highest BCUT2D eigenvalue weighted by Crippen LogP contribution is 2.26. The van der Waals surface area contributed by atoms with Crippen LogP contribution in [-0.2, 0) is 17.6 Å². The number of hydrogen-bond acceptors (Lipinski definition) is 5. The molecule has 3 rings (SSSR count). The minimum atomic E-state index is -0.186. The van der Waals surface area contributed by atoms with E-state index < -0.39 is 0 Å². The van der Waals surface area contributed by atoms with Gasteiger partial charge in [0.25, 0.3) is 0 Å². The fraction of sp³-hybridized carbons (Fsp3) is 0.278. The number of nitrogens with one attached hydrogen (secondary N) is 1. The lowest BCUT2D eigenvalue weighted by atomic mass is 10.1. The SMILES string of the molecule is CCc1c(/C(C)=N\NC(=O)Cc2csc(C)n2)oc2ccccc12. The summed E-state index contributed by atoms with van der Waals surface area (Å²) in [4.78, 5) is 16.3. The molecule has 0 aliphatic rings. The molecule has 0 aliphatic heterocycles. The molecule has 0 bridgehead atoms. The summed E-state index contributed by atoms with van der Waals surface area (Å²) in [6.45, 7) is 5.84. The standard InChI is InChI=1S/C18H19N3O2S/c1-4-14-15-7-5-6-8-16(15)23-18(14)11(2)20-21-17(22)9-13-10-24-12(3)19-13/h5-8,10H,4,9H2,1-3H3,(H,21,22)/b20-11-. The van der Waals surface area contributed by atoms with Crippen molar-refractivity contribution in [1.82, 2.24) is 10.4 Å². The molecule has 2 aromatic heterocycles. The van der Waals surface area contributed by atoms with Crippen LogP contribution in [-0.4, -0.2) is 16.6 Å². The third-order valence-electron chi connectivity index (χ3n) is 3.74. The van der Waals surface area contributed by atoms with Gasteiger partial charge < -0.3 is 4.42 Å². The predicted octanol–water partition coefficient (Wildman–Crippen LogP) is 3.84. The average Bonchev–Trinajstić information content (AvgIpc) is 3.15. The second-order valence-corrected chi connectivity index (χ2v) is 6.59. The Bertz CT molecular complexity index is 908. The van der Waals surface area contributed by atoms with E-state index in [1.807, 2.05) is 43.5 Å². The van der Waals surface area contributed by atoms with E-state index in [-0.39, 0.29) is 12.3 Å². The Labute approximate surface area is 144 Å². The van der Waals surface area contributed by atoms with Crippen molar-refractivity contribution in [2.45, 2.75) is 33.6 Å². The molecule has 24 heavy (non-hydrogen) atoms. The second-order valence-electron chi connectivity index (χ2n) is 5.53. The van der Waals surface area contributed by atoms with E-state index in [9.17, 15) is 4.79 Å². The Morgan fingerprint density at radius 1 is 1.38 bits per heavy atom. The van der Waals surface area contributed by atoms with Gasteiger partial charge >= 0.3 is 0 Å². The predicted molar refractivity (Wildman–Crippen MR) is 96.5 cm³/mol. The molecule has 0 saturated heterocycles. The van der Waals surface area contributed by atoms with Crippen LogP contribution in [0.1, 0.15) is 35.9 Å². The minimum absolute atomic E-state index is 0.186. The maximum Gasteiger partial charge on any atom is 0.246 e. The minimum Gasteiger partial charge on any atom is -0.454 e. The Kier molecular flexibility index (Phi) is 4.76. The van der Waals surface area contributed by atoms with Gasteiger partial charge in [-0.15, -0.1) is 11.3 Å².